The van der Waals surface area contributed by atoms with Crippen LogP contribution in [0.2, 0.25) is 10.0 Å². The maximum absolute atomic E-state index is 7.84. The van der Waals surface area contributed by atoms with Gasteiger partial charge in [-0.1, -0.05) is 53.5 Å². The van der Waals surface area contributed by atoms with E-state index in [0.29, 0.717) is 16.0 Å². The summed E-state index contributed by atoms with van der Waals surface area (Å²) in [6.45, 7) is 0. The van der Waals surface area contributed by atoms with Gasteiger partial charge in [0.15, 0.2) is 0 Å². The average Bonchev–Trinajstić information content (AvgIpc) is 3.07. The number of nitrogens with two attached hydrogens (primary N) is 1. The highest BCUT2D eigenvalue weighted by Gasteiger charge is 2.43. The molecule has 4 N–H and O–H groups in total. The zero-order valence-corrected chi connectivity index (χ0v) is 16.6. The first-order valence-corrected chi connectivity index (χ1v) is 10.1. The minimum Gasteiger partial charge on any atom is -0.384 e. The zero-order valence-electron chi connectivity index (χ0n) is 15.0. The first kappa shape index (κ1) is 17.6. The first-order valence-electron chi connectivity index (χ1n) is 9.30. The number of hydrogen-bond acceptors (Lipinski definition) is 2. The smallest absolute Gasteiger partial charge is 0.122 e. The van der Waals surface area contributed by atoms with Crippen molar-refractivity contribution >= 4 is 34.7 Å². The molecule has 0 saturated carbocycles. The van der Waals surface area contributed by atoms with Crippen LogP contribution in [0, 0.1) is 11.3 Å². The van der Waals surface area contributed by atoms with E-state index in [-0.39, 0.29) is 17.8 Å². The summed E-state index contributed by atoms with van der Waals surface area (Å²) in [6, 6.07) is 20.4. The first-order chi connectivity index (χ1) is 13.5. The molecule has 0 aromatic heterocycles. The van der Waals surface area contributed by atoms with Crippen LogP contribution in [0.5, 0.6) is 0 Å². The van der Waals surface area contributed by atoms with Crippen LogP contribution < -0.4 is 11.1 Å². The number of fused-ring (bicyclic) bond motifs is 5. The van der Waals surface area contributed by atoms with Crippen LogP contribution in [-0.2, 0) is 6.42 Å². The van der Waals surface area contributed by atoms with Crippen LogP contribution in [0.15, 0.2) is 60.7 Å². The Morgan fingerprint density at radius 1 is 0.964 bits per heavy atom. The molecule has 3 unspecified atom stereocenters. The molecule has 3 nitrogen and oxygen atoms in total. The van der Waals surface area contributed by atoms with Crippen LogP contribution in [0.1, 0.15) is 39.8 Å². The maximum Gasteiger partial charge on any atom is 0.122 e. The van der Waals surface area contributed by atoms with Gasteiger partial charge in [0.25, 0.3) is 0 Å². The standard InChI is InChI=1S/C23H19Cl2N3/c24-14-6-7-16(19(25)11-14)22-18-9-12-3-1-2-4-15(12)21(18)17-10-13(23(26)27)5-8-20(17)28-22/h1-8,10-11,18,21-22,28H,9H2,(H3,26,27). The van der Waals surface area contributed by atoms with Crippen molar-refractivity contribution in [3.05, 3.63) is 98.5 Å². The molecule has 140 valence electrons. The normalized spacial score (nSPS) is 22.0. The van der Waals surface area contributed by atoms with Gasteiger partial charge >= 0.3 is 0 Å². The Hall–Kier alpha value is -2.49. The molecule has 0 bridgehead atoms. The highest BCUT2D eigenvalue weighted by Crippen LogP contribution is 2.54. The van der Waals surface area contributed by atoms with E-state index >= 15 is 0 Å². The lowest BCUT2D eigenvalue weighted by Crippen LogP contribution is -2.31. The summed E-state index contributed by atoms with van der Waals surface area (Å²) >= 11 is 12.7. The van der Waals surface area contributed by atoms with E-state index in [4.69, 9.17) is 34.3 Å². The van der Waals surface area contributed by atoms with E-state index in [1.165, 1.54) is 16.7 Å². The summed E-state index contributed by atoms with van der Waals surface area (Å²) in [5, 5.41) is 12.9. The Kier molecular flexibility index (Phi) is 4.11. The van der Waals surface area contributed by atoms with Crippen LogP contribution in [0.3, 0.4) is 0 Å². The van der Waals surface area contributed by atoms with Crippen molar-refractivity contribution in [3.63, 3.8) is 0 Å². The summed E-state index contributed by atoms with van der Waals surface area (Å²) in [7, 11) is 0. The van der Waals surface area contributed by atoms with E-state index in [1.807, 2.05) is 30.3 Å². The number of rotatable bonds is 2. The van der Waals surface area contributed by atoms with Crippen LogP contribution in [0.4, 0.5) is 5.69 Å². The third-order valence-corrected chi connectivity index (χ3v) is 6.57. The highest BCUT2D eigenvalue weighted by molar-refractivity contribution is 6.35. The Bertz CT molecular complexity index is 1110. The number of anilines is 1. The fourth-order valence-electron chi connectivity index (χ4n) is 4.79. The van der Waals surface area contributed by atoms with Crippen molar-refractivity contribution in [1.82, 2.24) is 0 Å². The van der Waals surface area contributed by atoms with Gasteiger partial charge in [-0.15, -0.1) is 0 Å². The molecule has 0 saturated heterocycles. The number of nitrogen functional groups attached to an aromatic ring is 1. The van der Waals surface area contributed by atoms with E-state index in [0.717, 1.165) is 23.2 Å². The molecule has 0 amide bonds. The van der Waals surface area contributed by atoms with Gasteiger partial charge in [-0.25, -0.2) is 0 Å². The van der Waals surface area contributed by atoms with Crippen molar-refractivity contribution in [3.8, 4) is 0 Å². The number of amidine groups is 1. The number of hydrogen-bond donors (Lipinski definition) is 3. The van der Waals surface area contributed by atoms with Crippen LogP contribution >= 0.6 is 23.2 Å². The second-order valence-corrected chi connectivity index (χ2v) is 8.39. The van der Waals surface area contributed by atoms with Gasteiger partial charge in [0, 0.05) is 27.2 Å². The topological polar surface area (TPSA) is 61.9 Å². The largest absolute Gasteiger partial charge is 0.384 e. The molecule has 0 spiro atoms. The molecule has 3 atom stereocenters. The van der Waals surface area contributed by atoms with Crippen LogP contribution in [0.25, 0.3) is 0 Å². The monoisotopic (exact) mass is 407 g/mol. The Labute approximate surface area is 174 Å². The summed E-state index contributed by atoms with van der Waals surface area (Å²) in [5.41, 5.74) is 12.6. The van der Waals surface area contributed by atoms with E-state index < -0.39 is 0 Å². The summed E-state index contributed by atoms with van der Waals surface area (Å²) in [5.74, 6) is 0.655. The Morgan fingerprint density at radius 3 is 2.57 bits per heavy atom. The highest BCUT2D eigenvalue weighted by atomic mass is 35.5. The minimum absolute atomic E-state index is 0.0813. The Balaban J connectivity index is 1.70. The van der Waals surface area contributed by atoms with Crippen LogP contribution in [-0.4, -0.2) is 5.84 Å². The molecule has 2 aliphatic rings. The summed E-state index contributed by atoms with van der Waals surface area (Å²) in [4.78, 5) is 0. The molecule has 5 heteroatoms. The Morgan fingerprint density at radius 2 is 1.79 bits per heavy atom. The van der Waals surface area contributed by atoms with Crippen molar-refractivity contribution in [2.75, 3.05) is 5.32 Å². The predicted molar refractivity (Wildman–Crippen MR) is 116 cm³/mol. The molecule has 1 aliphatic carbocycles. The number of halogens is 2. The summed E-state index contributed by atoms with van der Waals surface area (Å²) < 4.78 is 0. The SMILES string of the molecule is N=C(N)c1ccc2c(c1)C1c3ccccc3CC1C(c1ccc(Cl)cc1Cl)N2. The zero-order chi connectivity index (χ0) is 19.4. The molecular formula is C23H19Cl2N3. The van der Waals surface area contributed by atoms with E-state index in [2.05, 4.69) is 35.6 Å². The molecule has 1 heterocycles. The van der Waals surface area contributed by atoms with Gasteiger partial charge in [-0.05, 0) is 64.9 Å². The average molecular weight is 408 g/mol. The quantitative estimate of drug-likeness (QED) is 0.374. The fraction of sp³-hybridized carbons (Fsp3) is 0.174. The van der Waals surface area contributed by atoms with Gasteiger partial charge in [-0.3, -0.25) is 5.41 Å². The van der Waals surface area contributed by atoms with Crippen molar-refractivity contribution in [2.45, 2.75) is 18.4 Å². The van der Waals surface area contributed by atoms with Gasteiger partial charge in [0.05, 0.1) is 6.04 Å². The van der Waals surface area contributed by atoms with Crippen molar-refractivity contribution in [2.24, 2.45) is 11.7 Å². The second kappa shape index (κ2) is 6.54. The lowest BCUT2D eigenvalue weighted by atomic mass is 9.75. The molecule has 3 aromatic rings. The molecule has 5 rings (SSSR count). The van der Waals surface area contributed by atoms with E-state index in [9.17, 15) is 0 Å². The molecule has 0 radical (unpaired) electrons. The molecular weight excluding hydrogens is 389 g/mol. The predicted octanol–water partition coefficient (Wildman–Crippen LogP) is 5.75. The van der Waals surface area contributed by atoms with Crippen molar-refractivity contribution in [1.29, 1.82) is 5.41 Å². The van der Waals surface area contributed by atoms with Gasteiger partial charge in [0.2, 0.25) is 0 Å². The lowest BCUT2D eigenvalue weighted by Gasteiger charge is -2.38. The number of nitrogens with one attached hydrogen (secondary N) is 2. The molecule has 3 aromatic carbocycles. The maximum atomic E-state index is 7.84. The van der Waals surface area contributed by atoms with Gasteiger partial charge in [0.1, 0.15) is 5.84 Å². The second-order valence-electron chi connectivity index (χ2n) is 7.55. The van der Waals surface area contributed by atoms with E-state index in [1.54, 1.807) is 0 Å². The molecule has 28 heavy (non-hydrogen) atoms. The number of benzene rings is 3. The summed E-state index contributed by atoms with van der Waals surface area (Å²) in [6.07, 6.45) is 0.973. The van der Waals surface area contributed by atoms with Crippen molar-refractivity contribution < 1.29 is 0 Å². The van der Waals surface area contributed by atoms with Gasteiger partial charge < -0.3 is 11.1 Å². The molecule has 1 aliphatic heterocycles. The fourth-order valence-corrected chi connectivity index (χ4v) is 5.32. The minimum atomic E-state index is 0.0813. The lowest BCUT2D eigenvalue weighted by molar-refractivity contribution is 0.421. The third kappa shape index (κ3) is 2.69. The molecule has 0 fully saturated rings. The third-order valence-electron chi connectivity index (χ3n) is 6.01. The van der Waals surface area contributed by atoms with Gasteiger partial charge in [-0.2, -0.15) is 0 Å².